The summed E-state index contributed by atoms with van der Waals surface area (Å²) in [6.45, 7) is 2.95. The van der Waals surface area contributed by atoms with Crippen LogP contribution in [0.15, 0.2) is 12.3 Å². The van der Waals surface area contributed by atoms with Gasteiger partial charge >= 0.3 is 0 Å². The van der Waals surface area contributed by atoms with Crippen molar-refractivity contribution in [1.29, 1.82) is 0 Å². The van der Waals surface area contributed by atoms with Gasteiger partial charge in [0.05, 0.1) is 10.7 Å². The molecule has 0 atom stereocenters. The van der Waals surface area contributed by atoms with Gasteiger partial charge in [-0.05, 0) is 32.3 Å². The van der Waals surface area contributed by atoms with Gasteiger partial charge in [-0.25, -0.2) is 0 Å². The van der Waals surface area contributed by atoms with Crippen LogP contribution < -0.4 is 5.73 Å². The molecule has 1 heterocycles. The molecule has 1 aromatic heterocycles. The molecule has 0 aliphatic heterocycles. The summed E-state index contributed by atoms with van der Waals surface area (Å²) in [5, 5.41) is 4.28. The van der Waals surface area contributed by atoms with Gasteiger partial charge in [0, 0.05) is 12.7 Å². The first-order valence-electron chi connectivity index (χ1n) is 4.47. The minimum Gasteiger partial charge on any atom is -0.393 e. The van der Waals surface area contributed by atoms with Crippen LogP contribution in [0.1, 0.15) is 25.0 Å². The summed E-state index contributed by atoms with van der Waals surface area (Å²) in [5.74, 6) is 0. The molecule has 1 aromatic rings. The smallest absolute Gasteiger partial charge is 0.0727 e. The highest BCUT2D eigenvalue weighted by molar-refractivity contribution is 7.80. The molecule has 0 fully saturated rings. The van der Waals surface area contributed by atoms with E-state index in [9.17, 15) is 0 Å². The zero-order valence-corrected chi connectivity index (χ0v) is 8.68. The molecule has 4 heteroatoms. The van der Waals surface area contributed by atoms with Gasteiger partial charge in [-0.15, -0.1) is 0 Å². The zero-order valence-electron chi connectivity index (χ0n) is 7.86. The van der Waals surface area contributed by atoms with Crippen LogP contribution in [0.25, 0.3) is 0 Å². The van der Waals surface area contributed by atoms with Gasteiger partial charge in [0.25, 0.3) is 0 Å². The van der Waals surface area contributed by atoms with Crippen LogP contribution in [-0.4, -0.2) is 14.8 Å². The van der Waals surface area contributed by atoms with Crippen molar-refractivity contribution in [1.82, 2.24) is 9.78 Å². The third-order valence-corrected chi connectivity index (χ3v) is 2.04. The number of nitrogens with zero attached hydrogens (tertiary/aromatic N) is 2. The molecule has 72 valence electrons. The fourth-order valence-electron chi connectivity index (χ4n) is 1.16. The molecular formula is C9H15N3S. The second-order valence-electron chi connectivity index (χ2n) is 3.14. The molecule has 0 spiro atoms. The monoisotopic (exact) mass is 197 g/mol. The van der Waals surface area contributed by atoms with E-state index >= 15 is 0 Å². The van der Waals surface area contributed by atoms with Crippen molar-refractivity contribution >= 4 is 17.2 Å². The predicted octanol–water partition coefficient (Wildman–Crippen LogP) is 1.65. The third-order valence-electron chi connectivity index (χ3n) is 1.83. The maximum absolute atomic E-state index is 5.39. The van der Waals surface area contributed by atoms with E-state index in [1.54, 1.807) is 0 Å². The minimum absolute atomic E-state index is 0.608. The normalized spacial score (nSPS) is 10.2. The fraction of sp³-hybridized carbons (Fsp3) is 0.556. The Morgan fingerprint density at radius 1 is 1.62 bits per heavy atom. The van der Waals surface area contributed by atoms with E-state index in [0.29, 0.717) is 4.99 Å². The number of nitrogens with two attached hydrogens (primary N) is 1. The third kappa shape index (κ3) is 4.03. The van der Waals surface area contributed by atoms with Gasteiger partial charge < -0.3 is 5.73 Å². The van der Waals surface area contributed by atoms with E-state index in [-0.39, 0.29) is 0 Å². The summed E-state index contributed by atoms with van der Waals surface area (Å²) in [6, 6.07) is 2.01. The molecule has 0 aliphatic rings. The summed E-state index contributed by atoms with van der Waals surface area (Å²) >= 11 is 4.79. The molecule has 0 saturated carbocycles. The van der Waals surface area contributed by atoms with Gasteiger partial charge in [0.1, 0.15) is 0 Å². The van der Waals surface area contributed by atoms with Crippen molar-refractivity contribution < 1.29 is 0 Å². The Bertz CT molecular complexity index is 280. The standard InChI is InChI=1S/C9H15N3S/c1-8-5-7-12(11-8)6-3-2-4-9(10)13/h5,7H,2-4,6H2,1H3,(H2,10,13). The van der Waals surface area contributed by atoms with Gasteiger partial charge in [-0.2, -0.15) is 5.10 Å². The molecule has 0 aromatic carbocycles. The van der Waals surface area contributed by atoms with Gasteiger partial charge in [-0.1, -0.05) is 12.2 Å². The van der Waals surface area contributed by atoms with E-state index in [1.165, 1.54) is 0 Å². The number of thiocarbonyl (C=S) groups is 1. The highest BCUT2D eigenvalue weighted by Crippen LogP contribution is 2.00. The van der Waals surface area contributed by atoms with E-state index in [4.69, 9.17) is 18.0 Å². The van der Waals surface area contributed by atoms with Crippen molar-refractivity contribution in [3.63, 3.8) is 0 Å². The van der Waals surface area contributed by atoms with Crippen LogP contribution in [-0.2, 0) is 6.54 Å². The van der Waals surface area contributed by atoms with Gasteiger partial charge in [-0.3, -0.25) is 4.68 Å². The first kappa shape index (κ1) is 10.2. The average Bonchev–Trinajstić information content (AvgIpc) is 2.45. The molecule has 0 bridgehead atoms. The van der Waals surface area contributed by atoms with Crippen LogP contribution in [0.5, 0.6) is 0 Å². The maximum atomic E-state index is 5.39. The number of rotatable bonds is 5. The highest BCUT2D eigenvalue weighted by atomic mass is 32.1. The van der Waals surface area contributed by atoms with Crippen LogP contribution in [0, 0.1) is 6.92 Å². The molecule has 0 aliphatic carbocycles. The molecular weight excluding hydrogens is 182 g/mol. The van der Waals surface area contributed by atoms with Crippen molar-refractivity contribution in [2.75, 3.05) is 0 Å². The van der Waals surface area contributed by atoms with Crippen LogP contribution >= 0.6 is 12.2 Å². The minimum atomic E-state index is 0.608. The fourth-order valence-corrected chi connectivity index (χ4v) is 1.31. The quantitative estimate of drug-likeness (QED) is 0.576. The summed E-state index contributed by atoms with van der Waals surface area (Å²) in [6.07, 6.45) is 4.97. The number of aromatic nitrogens is 2. The van der Waals surface area contributed by atoms with E-state index in [2.05, 4.69) is 5.10 Å². The van der Waals surface area contributed by atoms with E-state index in [1.807, 2.05) is 23.9 Å². The molecule has 0 radical (unpaired) electrons. The number of unbranched alkanes of at least 4 members (excludes halogenated alkanes) is 1. The maximum Gasteiger partial charge on any atom is 0.0727 e. The Kier molecular flexibility index (Phi) is 3.89. The predicted molar refractivity (Wildman–Crippen MR) is 57.6 cm³/mol. The second kappa shape index (κ2) is 4.97. The van der Waals surface area contributed by atoms with Gasteiger partial charge in [0.15, 0.2) is 0 Å². The van der Waals surface area contributed by atoms with Crippen LogP contribution in [0.2, 0.25) is 0 Å². The van der Waals surface area contributed by atoms with Crippen molar-refractivity contribution in [3.05, 3.63) is 18.0 Å². The zero-order chi connectivity index (χ0) is 9.68. The molecule has 3 nitrogen and oxygen atoms in total. The lowest BCUT2D eigenvalue weighted by Gasteiger charge is -2.00. The average molecular weight is 197 g/mol. The van der Waals surface area contributed by atoms with Crippen molar-refractivity contribution in [2.45, 2.75) is 32.7 Å². The second-order valence-corrected chi connectivity index (χ2v) is 3.67. The summed E-state index contributed by atoms with van der Waals surface area (Å²) < 4.78 is 1.95. The molecule has 13 heavy (non-hydrogen) atoms. The molecule has 2 N–H and O–H groups in total. The Morgan fingerprint density at radius 2 is 2.38 bits per heavy atom. The van der Waals surface area contributed by atoms with E-state index < -0.39 is 0 Å². The highest BCUT2D eigenvalue weighted by Gasteiger charge is 1.94. The number of hydrogen-bond donors (Lipinski definition) is 1. The summed E-state index contributed by atoms with van der Waals surface area (Å²) in [5.41, 5.74) is 6.45. The van der Waals surface area contributed by atoms with Crippen molar-refractivity contribution in [3.8, 4) is 0 Å². The SMILES string of the molecule is Cc1ccn(CCCCC(N)=S)n1. The van der Waals surface area contributed by atoms with Gasteiger partial charge in [0.2, 0.25) is 0 Å². The first-order chi connectivity index (χ1) is 6.18. The molecule has 0 unspecified atom stereocenters. The Hall–Kier alpha value is -0.900. The lowest BCUT2D eigenvalue weighted by Crippen LogP contribution is -2.07. The topological polar surface area (TPSA) is 43.8 Å². The Morgan fingerprint density at radius 3 is 2.92 bits per heavy atom. The lowest BCUT2D eigenvalue weighted by molar-refractivity contribution is 0.561. The van der Waals surface area contributed by atoms with Crippen molar-refractivity contribution in [2.24, 2.45) is 5.73 Å². The number of aryl methyl sites for hydroxylation is 2. The number of hydrogen-bond acceptors (Lipinski definition) is 2. The lowest BCUT2D eigenvalue weighted by atomic mass is 10.2. The molecule has 0 saturated heterocycles. The molecule has 0 amide bonds. The Balaban J connectivity index is 2.16. The summed E-state index contributed by atoms with van der Waals surface area (Å²) in [7, 11) is 0. The Labute approximate surface area is 83.9 Å². The first-order valence-corrected chi connectivity index (χ1v) is 4.87. The van der Waals surface area contributed by atoms with Crippen LogP contribution in [0.3, 0.4) is 0 Å². The molecule has 1 rings (SSSR count). The largest absolute Gasteiger partial charge is 0.393 e. The van der Waals surface area contributed by atoms with E-state index in [0.717, 1.165) is 31.5 Å². The summed E-state index contributed by atoms with van der Waals surface area (Å²) in [4.78, 5) is 0.608. The van der Waals surface area contributed by atoms with Crippen LogP contribution in [0.4, 0.5) is 0 Å².